The lowest BCUT2D eigenvalue weighted by Gasteiger charge is -2.20. The quantitative estimate of drug-likeness (QED) is 0.751. The molecule has 0 aromatic heterocycles. The molecule has 5 heteroatoms. The standard InChI is InChI=1S/C15H25N3O2/c1-5-11(2)9-18(3)10-15(19)17-13-8-12(16)6-7-14(13)20-4/h6-8,11H,5,9-10,16H2,1-4H3,(H,17,19). The average molecular weight is 279 g/mol. The predicted molar refractivity (Wildman–Crippen MR) is 83.0 cm³/mol. The SMILES string of the molecule is CCC(C)CN(C)CC(=O)Nc1cc(N)ccc1OC. The van der Waals surface area contributed by atoms with Gasteiger partial charge in [0, 0.05) is 12.2 Å². The molecule has 0 spiro atoms. The predicted octanol–water partition coefficient (Wildman–Crippen LogP) is 2.19. The first-order valence-corrected chi connectivity index (χ1v) is 6.88. The summed E-state index contributed by atoms with van der Waals surface area (Å²) in [7, 11) is 3.51. The maximum Gasteiger partial charge on any atom is 0.238 e. The molecule has 112 valence electrons. The van der Waals surface area contributed by atoms with Crippen molar-refractivity contribution in [2.75, 3.05) is 38.3 Å². The normalized spacial score (nSPS) is 12.2. The summed E-state index contributed by atoms with van der Waals surface area (Å²) in [5, 5.41) is 2.84. The van der Waals surface area contributed by atoms with Crippen molar-refractivity contribution in [2.24, 2.45) is 5.92 Å². The van der Waals surface area contributed by atoms with Crippen LogP contribution in [-0.2, 0) is 4.79 Å². The highest BCUT2D eigenvalue weighted by Gasteiger charge is 2.12. The van der Waals surface area contributed by atoms with Crippen LogP contribution in [0.5, 0.6) is 5.75 Å². The van der Waals surface area contributed by atoms with E-state index in [-0.39, 0.29) is 5.91 Å². The Kier molecular flexibility index (Phi) is 6.31. The molecule has 0 saturated carbocycles. The first-order chi connectivity index (χ1) is 9.46. The highest BCUT2D eigenvalue weighted by Crippen LogP contribution is 2.26. The maximum absolute atomic E-state index is 12.0. The van der Waals surface area contributed by atoms with E-state index >= 15 is 0 Å². The molecule has 0 aliphatic carbocycles. The summed E-state index contributed by atoms with van der Waals surface area (Å²) in [6.07, 6.45) is 1.11. The van der Waals surface area contributed by atoms with Gasteiger partial charge in [-0.05, 0) is 31.2 Å². The molecule has 20 heavy (non-hydrogen) atoms. The molecule has 0 fully saturated rings. The maximum atomic E-state index is 12.0. The van der Waals surface area contributed by atoms with Crippen molar-refractivity contribution in [3.05, 3.63) is 18.2 Å². The van der Waals surface area contributed by atoms with E-state index in [2.05, 4.69) is 19.2 Å². The molecule has 1 aromatic carbocycles. The van der Waals surface area contributed by atoms with Gasteiger partial charge in [0.1, 0.15) is 5.75 Å². The Morgan fingerprint density at radius 2 is 2.20 bits per heavy atom. The fraction of sp³-hybridized carbons (Fsp3) is 0.533. The van der Waals surface area contributed by atoms with Crippen LogP contribution in [0.3, 0.4) is 0 Å². The van der Waals surface area contributed by atoms with Gasteiger partial charge < -0.3 is 15.8 Å². The Balaban J connectivity index is 2.60. The molecule has 0 aliphatic heterocycles. The summed E-state index contributed by atoms with van der Waals surface area (Å²) >= 11 is 0. The molecule has 0 bridgehead atoms. The van der Waals surface area contributed by atoms with Crippen molar-refractivity contribution in [1.29, 1.82) is 0 Å². The van der Waals surface area contributed by atoms with E-state index in [1.54, 1.807) is 25.3 Å². The Morgan fingerprint density at radius 3 is 2.80 bits per heavy atom. The van der Waals surface area contributed by atoms with E-state index in [0.29, 0.717) is 29.6 Å². The number of nitrogens with two attached hydrogens (primary N) is 1. The Labute approximate surface area is 121 Å². The number of nitrogens with one attached hydrogen (secondary N) is 1. The van der Waals surface area contributed by atoms with Crippen LogP contribution in [0.4, 0.5) is 11.4 Å². The van der Waals surface area contributed by atoms with E-state index < -0.39 is 0 Å². The van der Waals surface area contributed by atoms with E-state index in [1.807, 2.05) is 11.9 Å². The molecule has 1 aromatic rings. The number of rotatable bonds is 7. The zero-order chi connectivity index (χ0) is 15.1. The Bertz CT molecular complexity index is 449. The number of likely N-dealkylation sites (N-methyl/N-ethyl adjacent to an activating group) is 1. The topological polar surface area (TPSA) is 67.6 Å². The summed E-state index contributed by atoms with van der Waals surface area (Å²) in [6, 6.07) is 5.18. The fourth-order valence-electron chi connectivity index (χ4n) is 1.98. The second-order valence-electron chi connectivity index (χ2n) is 5.22. The van der Waals surface area contributed by atoms with Crippen molar-refractivity contribution in [3.63, 3.8) is 0 Å². The first-order valence-electron chi connectivity index (χ1n) is 6.88. The number of nitrogens with zero attached hydrogens (tertiary/aromatic N) is 1. The summed E-state index contributed by atoms with van der Waals surface area (Å²) < 4.78 is 5.20. The van der Waals surface area contributed by atoms with Crippen molar-refractivity contribution in [2.45, 2.75) is 20.3 Å². The van der Waals surface area contributed by atoms with Crippen LogP contribution >= 0.6 is 0 Å². The van der Waals surface area contributed by atoms with Gasteiger partial charge in [-0.15, -0.1) is 0 Å². The van der Waals surface area contributed by atoms with Crippen LogP contribution in [-0.4, -0.2) is 38.1 Å². The van der Waals surface area contributed by atoms with Gasteiger partial charge in [-0.25, -0.2) is 0 Å². The van der Waals surface area contributed by atoms with Crippen molar-refractivity contribution >= 4 is 17.3 Å². The molecule has 5 nitrogen and oxygen atoms in total. The van der Waals surface area contributed by atoms with Crippen LogP contribution in [0.15, 0.2) is 18.2 Å². The van der Waals surface area contributed by atoms with E-state index in [9.17, 15) is 4.79 Å². The molecule has 0 radical (unpaired) electrons. The number of hydrogen-bond acceptors (Lipinski definition) is 4. The Hall–Kier alpha value is -1.75. The van der Waals surface area contributed by atoms with Crippen molar-refractivity contribution in [3.8, 4) is 5.75 Å². The van der Waals surface area contributed by atoms with Crippen LogP contribution in [0.25, 0.3) is 0 Å². The molecule has 0 saturated heterocycles. The molecule has 0 aliphatic rings. The summed E-state index contributed by atoms with van der Waals surface area (Å²) in [4.78, 5) is 14.0. The summed E-state index contributed by atoms with van der Waals surface area (Å²) in [5.74, 6) is 1.12. The lowest BCUT2D eigenvalue weighted by Crippen LogP contribution is -2.33. The molecular formula is C15H25N3O2. The fourth-order valence-corrected chi connectivity index (χ4v) is 1.98. The van der Waals surface area contributed by atoms with Gasteiger partial charge in [0.05, 0.1) is 19.3 Å². The smallest absolute Gasteiger partial charge is 0.238 e. The van der Waals surface area contributed by atoms with Crippen LogP contribution in [0, 0.1) is 5.92 Å². The van der Waals surface area contributed by atoms with E-state index in [0.717, 1.165) is 13.0 Å². The zero-order valence-corrected chi connectivity index (χ0v) is 12.8. The largest absolute Gasteiger partial charge is 0.495 e. The molecule has 1 atom stereocenters. The van der Waals surface area contributed by atoms with Crippen LogP contribution in [0.2, 0.25) is 0 Å². The number of carbonyl (C=O) groups excluding carboxylic acids is 1. The van der Waals surface area contributed by atoms with Gasteiger partial charge in [-0.2, -0.15) is 0 Å². The highest BCUT2D eigenvalue weighted by molar-refractivity contribution is 5.94. The highest BCUT2D eigenvalue weighted by atomic mass is 16.5. The van der Waals surface area contributed by atoms with Gasteiger partial charge in [0.15, 0.2) is 0 Å². The van der Waals surface area contributed by atoms with Gasteiger partial charge >= 0.3 is 0 Å². The molecule has 1 unspecified atom stereocenters. The summed E-state index contributed by atoms with van der Waals surface area (Å²) in [6.45, 7) is 5.58. The monoisotopic (exact) mass is 279 g/mol. The molecule has 1 amide bonds. The average Bonchev–Trinajstić information content (AvgIpc) is 2.38. The number of benzene rings is 1. The number of amides is 1. The number of hydrogen-bond donors (Lipinski definition) is 2. The number of nitrogen functional groups attached to an aromatic ring is 1. The van der Waals surface area contributed by atoms with Crippen molar-refractivity contribution in [1.82, 2.24) is 4.90 Å². The van der Waals surface area contributed by atoms with E-state index in [1.165, 1.54) is 0 Å². The lowest BCUT2D eigenvalue weighted by atomic mass is 10.1. The number of anilines is 2. The molecule has 0 heterocycles. The minimum atomic E-state index is -0.0697. The molecule has 1 rings (SSSR count). The lowest BCUT2D eigenvalue weighted by molar-refractivity contribution is -0.117. The third-order valence-electron chi connectivity index (χ3n) is 3.23. The first kappa shape index (κ1) is 16.3. The van der Waals surface area contributed by atoms with Gasteiger partial charge in [-0.3, -0.25) is 9.69 Å². The number of methoxy groups -OCH3 is 1. The zero-order valence-electron chi connectivity index (χ0n) is 12.8. The van der Waals surface area contributed by atoms with Gasteiger partial charge in [-0.1, -0.05) is 20.3 Å². The van der Waals surface area contributed by atoms with Crippen LogP contribution < -0.4 is 15.8 Å². The third kappa shape index (κ3) is 5.09. The number of carbonyl (C=O) groups is 1. The second kappa shape index (κ2) is 7.75. The Morgan fingerprint density at radius 1 is 1.50 bits per heavy atom. The van der Waals surface area contributed by atoms with Crippen molar-refractivity contribution < 1.29 is 9.53 Å². The number of ether oxygens (including phenoxy) is 1. The van der Waals surface area contributed by atoms with Gasteiger partial charge in [0.25, 0.3) is 0 Å². The van der Waals surface area contributed by atoms with Crippen LogP contribution in [0.1, 0.15) is 20.3 Å². The van der Waals surface area contributed by atoms with E-state index in [4.69, 9.17) is 10.5 Å². The summed E-state index contributed by atoms with van der Waals surface area (Å²) in [5.41, 5.74) is 6.92. The minimum Gasteiger partial charge on any atom is -0.495 e. The third-order valence-corrected chi connectivity index (χ3v) is 3.23. The minimum absolute atomic E-state index is 0.0697. The molecular weight excluding hydrogens is 254 g/mol. The van der Waals surface area contributed by atoms with Gasteiger partial charge in [0.2, 0.25) is 5.91 Å². The molecule has 3 N–H and O–H groups in total. The second-order valence-corrected chi connectivity index (χ2v) is 5.22.